The molecule has 2 N–H and O–H groups in total. The van der Waals surface area contributed by atoms with Crippen LogP contribution in [0.3, 0.4) is 0 Å². The summed E-state index contributed by atoms with van der Waals surface area (Å²) in [7, 11) is 1.62. The summed E-state index contributed by atoms with van der Waals surface area (Å²) in [4.78, 5) is 13.5. The van der Waals surface area contributed by atoms with Crippen LogP contribution in [0.25, 0.3) is 0 Å². The quantitative estimate of drug-likeness (QED) is 0.911. The van der Waals surface area contributed by atoms with Gasteiger partial charge in [0.15, 0.2) is 11.6 Å². The molecule has 2 amide bonds. The van der Waals surface area contributed by atoms with E-state index in [2.05, 4.69) is 15.5 Å². The van der Waals surface area contributed by atoms with Crippen LogP contribution in [-0.2, 0) is 6.54 Å². The average Bonchev–Trinajstić information content (AvgIpc) is 3.23. The molecule has 0 unspecified atom stereocenters. The van der Waals surface area contributed by atoms with Crippen molar-refractivity contribution in [1.82, 2.24) is 15.1 Å². The highest BCUT2D eigenvalue weighted by molar-refractivity contribution is 5.89. The number of hydrogen-bond acceptors (Lipinski definition) is 2. The van der Waals surface area contributed by atoms with Crippen LogP contribution in [0.1, 0.15) is 30.1 Å². The first-order valence-electron chi connectivity index (χ1n) is 7.04. The van der Waals surface area contributed by atoms with Gasteiger partial charge < -0.3 is 10.2 Å². The van der Waals surface area contributed by atoms with Gasteiger partial charge in [-0.2, -0.15) is 5.10 Å². The summed E-state index contributed by atoms with van der Waals surface area (Å²) >= 11 is 0. The SMILES string of the molecule is CN(Cc1cc(C2CC2)n[nH]1)C(=O)Nc1ccc(F)c(F)c1. The fraction of sp³-hybridized carbons (Fsp3) is 0.333. The van der Waals surface area contributed by atoms with Crippen molar-refractivity contribution in [2.24, 2.45) is 0 Å². The maximum atomic E-state index is 13.1. The molecule has 116 valence electrons. The number of nitrogens with zero attached hydrogens (tertiary/aromatic N) is 2. The standard InChI is InChI=1S/C15H16F2N4O/c1-21(8-11-7-14(20-19-11)9-2-3-9)15(22)18-10-4-5-12(16)13(17)6-10/h4-7,9H,2-3,8H2,1H3,(H,18,22)(H,19,20). The van der Waals surface area contributed by atoms with Crippen molar-refractivity contribution in [2.75, 3.05) is 12.4 Å². The van der Waals surface area contributed by atoms with E-state index in [1.54, 1.807) is 7.05 Å². The zero-order valence-electron chi connectivity index (χ0n) is 12.1. The molecular formula is C15H16F2N4O. The number of anilines is 1. The van der Waals surface area contributed by atoms with Crippen LogP contribution in [-0.4, -0.2) is 28.2 Å². The average molecular weight is 306 g/mol. The Hall–Kier alpha value is -2.44. The number of amides is 2. The second-order valence-corrected chi connectivity index (χ2v) is 5.51. The van der Waals surface area contributed by atoms with E-state index in [0.29, 0.717) is 12.5 Å². The molecule has 1 aliphatic carbocycles. The summed E-state index contributed by atoms with van der Waals surface area (Å²) in [6, 6.07) is 4.78. The van der Waals surface area contributed by atoms with Gasteiger partial charge >= 0.3 is 6.03 Å². The van der Waals surface area contributed by atoms with E-state index in [0.717, 1.165) is 36.4 Å². The van der Waals surface area contributed by atoms with Gasteiger partial charge in [0.1, 0.15) is 0 Å². The number of halogens is 2. The number of urea groups is 1. The highest BCUT2D eigenvalue weighted by Gasteiger charge is 2.26. The number of aromatic nitrogens is 2. The largest absolute Gasteiger partial charge is 0.322 e. The van der Waals surface area contributed by atoms with Crippen LogP contribution in [0, 0.1) is 11.6 Å². The molecule has 1 aromatic carbocycles. The van der Waals surface area contributed by atoms with Gasteiger partial charge in [-0.1, -0.05) is 0 Å². The minimum atomic E-state index is -0.997. The third kappa shape index (κ3) is 3.24. The predicted molar refractivity (Wildman–Crippen MR) is 77.4 cm³/mol. The number of hydrogen-bond donors (Lipinski definition) is 2. The number of benzene rings is 1. The second kappa shape index (κ2) is 5.75. The lowest BCUT2D eigenvalue weighted by molar-refractivity contribution is 0.220. The number of carbonyl (C=O) groups is 1. The summed E-state index contributed by atoms with van der Waals surface area (Å²) in [5, 5.41) is 9.65. The number of nitrogens with one attached hydrogen (secondary N) is 2. The van der Waals surface area contributed by atoms with Crippen molar-refractivity contribution in [3.8, 4) is 0 Å². The maximum Gasteiger partial charge on any atom is 0.321 e. The van der Waals surface area contributed by atoms with Gasteiger partial charge in [0, 0.05) is 24.7 Å². The van der Waals surface area contributed by atoms with Crippen molar-refractivity contribution in [1.29, 1.82) is 0 Å². The molecule has 1 aliphatic rings. The van der Waals surface area contributed by atoms with Crippen molar-refractivity contribution < 1.29 is 13.6 Å². The Morgan fingerprint density at radius 3 is 2.82 bits per heavy atom. The lowest BCUT2D eigenvalue weighted by Crippen LogP contribution is -2.31. The molecule has 0 radical (unpaired) electrons. The molecule has 0 saturated heterocycles. The Balaban J connectivity index is 1.59. The molecule has 7 heteroatoms. The van der Waals surface area contributed by atoms with Gasteiger partial charge in [-0.25, -0.2) is 13.6 Å². The summed E-state index contributed by atoms with van der Waals surface area (Å²) < 4.78 is 26.0. The molecule has 1 heterocycles. The van der Waals surface area contributed by atoms with Crippen LogP contribution < -0.4 is 5.32 Å². The number of H-pyrrole nitrogens is 1. The van der Waals surface area contributed by atoms with Crippen LogP contribution in [0.15, 0.2) is 24.3 Å². The van der Waals surface area contributed by atoms with Gasteiger partial charge in [-0.15, -0.1) is 0 Å². The normalized spacial score (nSPS) is 14.0. The molecule has 1 fully saturated rings. The van der Waals surface area contributed by atoms with Crippen molar-refractivity contribution in [3.63, 3.8) is 0 Å². The van der Waals surface area contributed by atoms with Gasteiger partial charge in [-0.05, 0) is 31.0 Å². The molecular weight excluding hydrogens is 290 g/mol. The molecule has 22 heavy (non-hydrogen) atoms. The summed E-state index contributed by atoms with van der Waals surface area (Å²) in [6.07, 6.45) is 2.33. The van der Waals surface area contributed by atoms with E-state index in [1.807, 2.05) is 6.07 Å². The predicted octanol–water partition coefficient (Wildman–Crippen LogP) is 3.23. The monoisotopic (exact) mass is 306 g/mol. The van der Waals surface area contributed by atoms with Crippen LogP contribution in [0.4, 0.5) is 19.3 Å². The molecule has 3 rings (SSSR count). The Labute approximate surface area is 126 Å². The van der Waals surface area contributed by atoms with Crippen LogP contribution >= 0.6 is 0 Å². The molecule has 2 aromatic rings. The first kappa shape index (κ1) is 14.5. The van der Waals surface area contributed by atoms with Crippen molar-refractivity contribution >= 4 is 11.7 Å². The van der Waals surface area contributed by atoms with E-state index in [4.69, 9.17) is 0 Å². The zero-order chi connectivity index (χ0) is 15.7. The molecule has 1 saturated carbocycles. The summed E-state index contributed by atoms with van der Waals surface area (Å²) in [6.45, 7) is 0.356. The summed E-state index contributed by atoms with van der Waals surface area (Å²) in [5.41, 5.74) is 2.08. The number of aromatic amines is 1. The second-order valence-electron chi connectivity index (χ2n) is 5.51. The molecule has 5 nitrogen and oxygen atoms in total. The van der Waals surface area contributed by atoms with Gasteiger partial charge in [0.05, 0.1) is 17.9 Å². The lowest BCUT2D eigenvalue weighted by atomic mass is 10.2. The molecule has 1 aromatic heterocycles. The zero-order valence-corrected chi connectivity index (χ0v) is 12.1. The minimum Gasteiger partial charge on any atom is -0.322 e. The number of rotatable bonds is 4. The maximum absolute atomic E-state index is 13.1. The van der Waals surface area contributed by atoms with E-state index >= 15 is 0 Å². The molecule has 0 bridgehead atoms. The first-order valence-corrected chi connectivity index (χ1v) is 7.04. The van der Waals surface area contributed by atoms with E-state index in [1.165, 1.54) is 11.0 Å². The van der Waals surface area contributed by atoms with E-state index < -0.39 is 17.7 Å². The summed E-state index contributed by atoms with van der Waals surface area (Å²) in [5.74, 6) is -1.40. The van der Waals surface area contributed by atoms with Crippen LogP contribution in [0.5, 0.6) is 0 Å². The van der Waals surface area contributed by atoms with Crippen molar-refractivity contribution in [2.45, 2.75) is 25.3 Å². The minimum absolute atomic E-state index is 0.207. The molecule has 0 atom stereocenters. The third-order valence-corrected chi connectivity index (χ3v) is 3.57. The van der Waals surface area contributed by atoms with Gasteiger partial charge in [0.2, 0.25) is 0 Å². The highest BCUT2D eigenvalue weighted by atomic mass is 19.2. The Kier molecular flexibility index (Phi) is 3.79. The highest BCUT2D eigenvalue weighted by Crippen LogP contribution is 2.39. The topological polar surface area (TPSA) is 61.0 Å². The molecule has 0 spiro atoms. The Morgan fingerprint density at radius 2 is 2.14 bits per heavy atom. The van der Waals surface area contributed by atoms with Gasteiger partial charge in [0.25, 0.3) is 0 Å². The molecule has 0 aliphatic heterocycles. The first-order chi connectivity index (χ1) is 10.5. The van der Waals surface area contributed by atoms with Gasteiger partial charge in [-0.3, -0.25) is 5.10 Å². The fourth-order valence-electron chi connectivity index (χ4n) is 2.17. The van der Waals surface area contributed by atoms with Crippen LogP contribution in [0.2, 0.25) is 0 Å². The van der Waals surface area contributed by atoms with Crippen molar-refractivity contribution in [3.05, 3.63) is 47.3 Å². The Bertz CT molecular complexity index is 697. The Morgan fingerprint density at radius 1 is 1.36 bits per heavy atom. The fourth-order valence-corrected chi connectivity index (χ4v) is 2.17. The lowest BCUT2D eigenvalue weighted by Gasteiger charge is -2.17. The van der Waals surface area contributed by atoms with E-state index in [-0.39, 0.29) is 5.69 Å². The third-order valence-electron chi connectivity index (χ3n) is 3.57. The number of carbonyl (C=O) groups excluding carboxylic acids is 1. The smallest absolute Gasteiger partial charge is 0.321 e. The van der Waals surface area contributed by atoms with E-state index in [9.17, 15) is 13.6 Å².